The molecule has 1 unspecified atom stereocenters. The van der Waals surface area contributed by atoms with Crippen LogP contribution in [0.2, 0.25) is 0 Å². The lowest BCUT2D eigenvalue weighted by Crippen LogP contribution is -2.15. The second-order valence-corrected chi connectivity index (χ2v) is 3.95. The third kappa shape index (κ3) is 2.20. The van der Waals surface area contributed by atoms with Gasteiger partial charge in [0.25, 0.3) is 0 Å². The third-order valence-electron chi connectivity index (χ3n) is 2.70. The van der Waals surface area contributed by atoms with Crippen molar-refractivity contribution in [1.82, 2.24) is 19.3 Å². The van der Waals surface area contributed by atoms with Gasteiger partial charge in [-0.25, -0.2) is 9.78 Å². The van der Waals surface area contributed by atoms with E-state index in [2.05, 4.69) is 14.8 Å². The molecule has 2 aromatic heterocycles. The first-order valence-electron chi connectivity index (χ1n) is 5.51. The zero-order valence-corrected chi connectivity index (χ0v) is 10.3. The van der Waals surface area contributed by atoms with Crippen molar-refractivity contribution < 1.29 is 9.53 Å². The number of methoxy groups -OCH3 is 1. The standard InChI is InChI=1S/C11H15N5O2/c1-8(6-15-5-3-4-14-15)16-7-13-9(10(16)12)11(17)18-2/h3-5,7-8H,6,12H2,1-2H3. The van der Waals surface area contributed by atoms with Crippen LogP contribution in [0.25, 0.3) is 0 Å². The number of rotatable bonds is 4. The Morgan fingerprint density at radius 3 is 3.00 bits per heavy atom. The van der Waals surface area contributed by atoms with E-state index in [4.69, 9.17) is 5.73 Å². The molecular formula is C11H15N5O2. The summed E-state index contributed by atoms with van der Waals surface area (Å²) in [4.78, 5) is 15.4. The topological polar surface area (TPSA) is 88.0 Å². The fraction of sp³-hybridized carbons (Fsp3) is 0.364. The highest BCUT2D eigenvalue weighted by atomic mass is 16.5. The lowest BCUT2D eigenvalue weighted by molar-refractivity contribution is 0.0596. The maximum atomic E-state index is 11.4. The summed E-state index contributed by atoms with van der Waals surface area (Å²) in [7, 11) is 1.30. The Bertz CT molecular complexity index is 532. The maximum absolute atomic E-state index is 11.4. The highest BCUT2D eigenvalue weighted by Crippen LogP contribution is 2.18. The van der Waals surface area contributed by atoms with Crippen molar-refractivity contribution in [3.05, 3.63) is 30.5 Å². The van der Waals surface area contributed by atoms with Crippen LogP contribution in [0.4, 0.5) is 5.82 Å². The number of nitrogens with two attached hydrogens (primary N) is 1. The summed E-state index contributed by atoms with van der Waals surface area (Å²) in [5.41, 5.74) is 6.02. The molecule has 0 aromatic carbocycles. The van der Waals surface area contributed by atoms with E-state index in [0.717, 1.165) is 0 Å². The monoisotopic (exact) mass is 249 g/mol. The number of hydrogen-bond donors (Lipinski definition) is 1. The van der Waals surface area contributed by atoms with E-state index >= 15 is 0 Å². The van der Waals surface area contributed by atoms with E-state index in [1.54, 1.807) is 15.4 Å². The second-order valence-electron chi connectivity index (χ2n) is 3.95. The number of esters is 1. The Hall–Kier alpha value is -2.31. The first-order valence-corrected chi connectivity index (χ1v) is 5.51. The molecule has 96 valence electrons. The molecule has 7 nitrogen and oxygen atoms in total. The van der Waals surface area contributed by atoms with Gasteiger partial charge in [0, 0.05) is 12.4 Å². The molecule has 1 atom stereocenters. The van der Waals surface area contributed by atoms with E-state index in [1.807, 2.05) is 19.2 Å². The molecule has 0 saturated heterocycles. The lowest BCUT2D eigenvalue weighted by Gasteiger charge is -2.14. The lowest BCUT2D eigenvalue weighted by atomic mass is 10.3. The predicted octanol–water partition coefficient (Wildman–Crippen LogP) is 0.710. The first kappa shape index (κ1) is 12.2. The number of nitrogen functional groups attached to an aromatic ring is 1. The van der Waals surface area contributed by atoms with Crippen molar-refractivity contribution in [3.8, 4) is 0 Å². The van der Waals surface area contributed by atoms with Crippen molar-refractivity contribution >= 4 is 11.8 Å². The number of nitrogens with zero attached hydrogens (tertiary/aromatic N) is 4. The zero-order valence-electron chi connectivity index (χ0n) is 10.3. The van der Waals surface area contributed by atoms with Crippen molar-refractivity contribution in [2.45, 2.75) is 19.5 Å². The summed E-state index contributed by atoms with van der Waals surface area (Å²) in [6, 6.07) is 1.89. The van der Waals surface area contributed by atoms with E-state index in [9.17, 15) is 4.79 Å². The number of imidazole rings is 1. The molecule has 2 rings (SSSR count). The SMILES string of the molecule is COC(=O)c1ncn(C(C)Cn2cccn2)c1N. The fourth-order valence-electron chi connectivity index (χ4n) is 1.74. The summed E-state index contributed by atoms with van der Waals surface area (Å²) in [5, 5.41) is 4.12. The van der Waals surface area contributed by atoms with Crippen molar-refractivity contribution in [2.75, 3.05) is 12.8 Å². The largest absolute Gasteiger partial charge is 0.464 e. The predicted molar refractivity (Wildman–Crippen MR) is 64.9 cm³/mol. The summed E-state index contributed by atoms with van der Waals surface area (Å²) in [6.45, 7) is 2.62. The van der Waals surface area contributed by atoms with Gasteiger partial charge in [0.2, 0.25) is 0 Å². The average molecular weight is 249 g/mol. The molecule has 0 fully saturated rings. The molecule has 0 aliphatic rings. The minimum Gasteiger partial charge on any atom is -0.464 e. The van der Waals surface area contributed by atoms with Crippen LogP contribution in [0.5, 0.6) is 0 Å². The Kier molecular flexibility index (Phi) is 3.31. The molecule has 2 heterocycles. The Morgan fingerprint density at radius 2 is 2.39 bits per heavy atom. The average Bonchev–Trinajstić information content (AvgIpc) is 2.97. The smallest absolute Gasteiger partial charge is 0.360 e. The van der Waals surface area contributed by atoms with Crippen LogP contribution in [-0.4, -0.2) is 32.4 Å². The quantitative estimate of drug-likeness (QED) is 0.806. The molecule has 0 amide bonds. The molecule has 0 spiro atoms. The van der Waals surface area contributed by atoms with Gasteiger partial charge in [0.05, 0.1) is 26.0 Å². The summed E-state index contributed by atoms with van der Waals surface area (Å²) < 4.78 is 8.13. The molecule has 7 heteroatoms. The van der Waals surface area contributed by atoms with Crippen LogP contribution in [0, 0.1) is 0 Å². The Morgan fingerprint density at radius 1 is 1.61 bits per heavy atom. The Labute approximate surface area is 104 Å². The van der Waals surface area contributed by atoms with Gasteiger partial charge in [0.15, 0.2) is 5.69 Å². The summed E-state index contributed by atoms with van der Waals surface area (Å²) in [6.07, 6.45) is 5.12. The minimum absolute atomic E-state index is 0.0378. The van der Waals surface area contributed by atoms with Crippen molar-refractivity contribution in [3.63, 3.8) is 0 Å². The second kappa shape index (κ2) is 4.91. The molecular weight excluding hydrogens is 234 g/mol. The van der Waals surface area contributed by atoms with Gasteiger partial charge >= 0.3 is 5.97 Å². The Balaban J connectivity index is 2.18. The summed E-state index contributed by atoms with van der Waals surface area (Å²) >= 11 is 0. The molecule has 2 aromatic rings. The van der Waals surface area contributed by atoms with Gasteiger partial charge in [-0.1, -0.05) is 0 Å². The summed E-state index contributed by atoms with van der Waals surface area (Å²) in [5.74, 6) is -0.223. The molecule has 0 radical (unpaired) electrons. The first-order chi connectivity index (χ1) is 8.63. The number of carbonyl (C=O) groups is 1. The number of ether oxygens (including phenoxy) is 1. The van der Waals surface area contributed by atoms with Crippen LogP contribution in [0.3, 0.4) is 0 Å². The highest BCUT2D eigenvalue weighted by Gasteiger charge is 2.18. The normalized spacial score (nSPS) is 12.3. The molecule has 2 N–H and O–H groups in total. The van der Waals surface area contributed by atoms with Gasteiger partial charge in [-0.05, 0) is 13.0 Å². The van der Waals surface area contributed by atoms with Crippen LogP contribution in [0.15, 0.2) is 24.8 Å². The molecule has 18 heavy (non-hydrogen) atoms. The molecule has 0 bridgehead atoms. The number of aromatic nitrogens is 4. The van der Waals surface area contributed by atoms with Gasteiger partial charge < -0.3 is 15.0 Å². The zero-order chi connectivity index (χ0) is 13.1. The highest BCUT2D eigenvalue weighted by molar-refractivity contribution is 5.92. The van der Waals surface area contributed by atoms with E-state index < -0.39 is 5.97 Å². The number of anilines is 1. The van der Waals surface area contributed by atoms with Gasteiger partial charge in [-0.3, -0.25) is 4.68 Å². The van der Waals surface area contributed by atoms with Crippen LogP contribution in [0.1, 0.15) is 23.5 Å². The third-order valence-corrected chi connectivity index (χ3v) is 2.70. The van der Waals surface area contributed by atoms with Crippen LogP contribution >= 0.6 is 0 Å². The molecule has 0 aliphatic heterocycles. The number of carbonyl (C=O) groups excluding carboxylic acids is 1. The van der Waals surface area contributed by atoms with Crippen LogP contribution in [-0.2, 0) is 11.3 Å². The molecule has 0 aliphatic carbocycles. The maximum Gasteiger partial charge on any atom is 0.360 e. The van der Waals surface area contributed by atoms with Gasteiger partial charge in [-0.2, -0.15) is 5.10 Å². The van der Waals surface area contributed by atoms with Crippen LogP contribution < -0.4 is 5.73 Å². The number of hydrogen-bond acceptors (Lipinski definition) is 5. The van der Waals surface area contributed by atoms with E-state index in [0.29, 0.717) is 12.4 Å². The van der Waals surface area contributed by atoms with E-state index in [1.165, 1.54) is 13.4 Å². The van der Waals surface area contributed by atoms with E-state index in [-0.39, 0.29) is 11.7 Å². The minimum atomic E-state index is -0.530. The van der Waals surface area contributed by atoms with Gasteiger partial charge in [0.1, 0.15) is 5.82 Å². The van der Waals surface area contributed by atoms with Crippen molar-refractivity contribution in [2.24, 2.45) is 0 Å². The van der Waals surface area contributed by atoms with Crippen molar-refractivity contribution in [1.29, 1.82) is 0 Å². The fourth-order valence-corrected chi connectivity index (χ4v) is 1.74. The van der Waals surface area contributed by atoms with Gasteiger partial charge in [-0.15, -0.1) is 0 Å². The molecule has 0 saturated carbocycles.